The average Bonchev–Trinajstić information content (AvgIpc) is 2.95. The molecule has 0 bridgehead atoms. The third-order valence-electron chi connectivity index (χ3n) is 6.44. The van der Waals surface area contributed by atoms with Crippen LogP contribution in [0.4, 0.5) is 11.4 Å². The van der Waals surface area contributed by atoms with Crippen LogP contribution >= 0.6 is 0 Å². The van der Waals surface area contributed by atoms with Crippen LogP contribution in [0.5, 0.6) is 11.5 Å². The molecule has 0 aliphatic heterocycles. The number of nitrogens with zero attached hydrogens (tertiary/aromatic N) is 2. The van der Waals surface area contributed by atoms with E-state index in [2.05, 4.69) is 9.98 Å². The summed E-state index contributed by atoms with van der Waals surface area (Å²) in [5.74, 6) is 0.403. The van der Waals surface area contributed by atoms with E-state index in [1.165, 1.54) is 0 Å². The minimum atomic E-state index is 0.201. The fraction of sp³-hybridized carbons (Fsp3) is 0.0588. The number of benzene rings is 5. The number of para-hydroxylation sites is 2. The molecule has 0 saturated heterocycles. The second-order valence-electron chi connectivity index (χ2n) is 9.20. The first-order valence-electron chi connectivity index (χ1n) is 12.4. The van der Waals surface area contributed by atoms with Crippen LogP contribution < -0.4 is 0 Å². The molecule has 0 heterocycles. The van der Waals surface area contributed by atoms with Crippen molar-refractivity contribution in [2.75, 3.05) is 0 Å². The molecular formula is C34H28N2O2. The molecule has 0 unspecified atom stereocenters. The fourth-order valence-corrected chi connectivity index (χ4v) is 4.37. The van der Waals surface area contributed by atoms with Gasteiger partial charge in [0, 0.05) is 23.6 Å². The van der Waals surface area contributed by atoms with Gasteiger partial charge in [-0.2, -0.15) is 0 Å². The smallest absolute Gasteiger partial charge is 0.127 e. The Morgan fingerprint density at radius 1 is 0.474 bits per heavy atom. The average molecular weight is 497 g/mol. The molecule has 5 aromatic rings. The Bertz CT molecular complexity index is 1520. The summed E-state index contributed by atoms with van der Waals surface area (Å²) in [4.78, 5) is 9.34. The summed E-state index contributed by atoms with van der Waals surface area (Å²) in [6.07, 6.45) is 3.33. The Morgan fingerprint density at radius 3 is 1.24 bits per heavy atom. The number of phenols is 2. The molecule has 5 rings (SSSR count). The molecule has 2 N–H and O–H groups in total. The predicted octanol–water partition coefficient (Wildman–Crippen LogP) is 8.55. The third-order valence-corrected chi connectivity index (χ3v) is 6.44. The normalized spacial score (nSPS) is 11.4. The molecule has 0 aliphatic carbocycles. The lowest BCUT2D eigenvalue weighted by Gasteiger charge is -2.09. The second kappa shape index (κ2) is 11.0. The topological polar surface area (TPSA) is 65.2 Å². The van der Waals surface area contributed by atoms with Crippen LogP contribution in [0.25, 0.3) is 22.3 Å². The molecule has 0 amide bonds. The van der Waals surface area contributed by atoms with E-state index in [4.69, 9.17) is 0 Å². The highest BCUT2D eigenvalue weighted by atomic mass is 16.3. The van der Waals surface area contributed by atoms with Gasteiger partial charge in [0.2, 0.25) is 0 Å². The van der Waals surface area contributed by atoms with Gasteiger partial charge in [0.25, 0.3) is 0 Å². The fourth-order valence-electron chi connectivity index (χ4n) is 4.37. The van der Waals surface area contributed by atoms with Gasteiger partial charge in [-0.05, 0) is 83.6 Å². The summed E-state index contributed by atoms with van der Waals surface area (Å²) >= 11 is 0. The molecule has 0 saturated carbocycles. The second-order valence-corrected chi connectivity index (χ2v) is 9.20. The third kappa shape index (κ3) is 5.40. The Morgan fingerprint density at radius 2 is 0.842 bits per heavy atom. The monoisotopic (exact) mass is 496 g/mol. The first-order chi connectivity index (χ1) is 18.5. The van der Waals surface area contributed by atoms with E-state index in [0.29, 0.717) is 22.5 Å². The highest BCUT2D eigenvalue weighted by molar-refractivity contribution is 5.92. The van der Waals surface area contributed by atoms with Crippen molar-refractivity contribution in [3.63, 3.8) is 0 Å². The minimum Gasteiger partial charge on any atom is -0.507 e. The number of aryl methyl sites for hydroxylation is 2. The van der Waals surface area contributed by atoms with E-state index < -0.39 is 0 Å². The van der Waals surface area contributed by atoms with Crippen LogP contribution in [0.3, 0.4) is 0 Å². The number of aromatic hydroxyl groups is 2. The number of aliphatic imine (C=N–C) groups is 2. The van der Waals surface area contributed by atoms with E-state index in [9.17, 15) is 10.2 Å². The van der Waals surface area contributed by atoms with Crippen LogP contribution in [-0.2, 0) is 0 Å². The molecular weight excluding hydrogens is 468 g/mol. The SMILES string of the molecule is Cc1cc(-c2ccccc2)cc(C=Nc2ccccc2N=Cc2cc(-c3ccccc3)cc(C)c2O)c1O. The number of hydrogen-bond acceptors (Lipinski definition) is 4. The predicted molar refractivity (Wildman–Crippen MR) is 158 cm³/mol. The maximum Gasteiger partial charge on any atom is 0.127 e. The van der Waals surface area contributed by atoms with Crippen LogP contribution in [0, 0.1) is 13.8 Å². The van der Waals surface area contributed by atoms with Crippen molar-refractivity contribution >= 4 is 23.8 Å². The zero-order valence-electron chi connectivity index (χ0n) is 21.3. The lowest BCUT2D eigenvalue weighted by atomic mass is 9.99. The molecule has 0 aliphatic rings. The van der Waals surface area contributed by atoms with Gasteiger partial charge in [-0.15, -0.1) is 0 Å². The quantitative estimate of drug-likeness (QED) is 0.231. The van der Waals surface area contributed by atoms with Gasteiger partial charge >= 0.3 is 0 Å². The Hall–Kier alpha value is -4.96. The summed E-state index contributed by atoms with van der Waals surface area (Å²) < 4.78 is 0. The zero-order chi connectivity index (χ0) is 26.5. The van der Waals surface area contributed by atoms with Crippen molar-refractivity contribution in [3.8, 4) is 33.8 Å². The van der Waals surface area contributed by atoms with Gasteiger partial charge in [-0.25, -0.2) is 0 Å². The standard InChI is InChI=1S/C34H28N2O2/c1-23-17-27(25-11-5-3-6-12-25)19-29(33(23)37)21-35-31-15-9-10-16-32(31)36-22-30-20-28(18-24(2)34(30)38)26-13-7-4-8-14-26/h3-22,37-38H,1-2H3. The first kappa shape index (κ1) is 24.7. The van der Waals surface area contributed by atoms with Crippen LogP contribution in [0.1, 0.15) is 22.3 Å². The summed E-state index contributed by atoms with van der Waals surface area (Å²) in [5, 5.41) is 21.4. The first-order valence-corrected chi connectivity index (χ1v) is 12.4. The highest BCUT2D eigenvalue weighted by Crippen LogP contribution is 2.33. The van der Waals surface area contributed by atoms with Gasteiger partial charge in [0.05, 0.1) is 11.4 Å². The number of hydrogen-bond donors (Lipinski definition) is 2. The van der Waals surface area contributed by atoms with E-state index in [0.717, 1.165) is 33.4 Å². The summed E-state index contributed by atoms with van der Waals surface area (Å²) in [7, 11) is 0. The molecule has 0 fully saturated rings. The largest absolute Gasteiger partial charge is 0.507 e. The molecule has 4 heteroatoms. The van der Waals surface area contributed by atoms with Crippen LogP contribution in [-0.4, -0.2) is 22.6 Å². The Kier molecular flexibility index (Phi) is 7.14. The molecule has 186 valence electrons. The summed E-state index contributed by atoms with van der Waals surface area (Å²) in [5.41, 5.74) is 8.30. The van der Waals surface area contributed by atoms with Gasteiger partial charge < -0.3 is 10.2 Å². The molecule has 0 atom stereocenters. The van der Waals surface area contributed by atoms with Crippen LogP contribution in [0.2, 0.25) is 0 Å². The summed E-state index contributed by atoms with van der Waals surface area (Å²) in [6, 6.07) is 35.5. The van der Waals surface area contributed by atoms with Crippen molar-refractivity contribution in [2.24, 2.45) is 9.98 Å². The molecule has 4 nitrogen and oxygen atoms in total. The van der Waals surface area contributed by atoms with Crippen molar-refractivity contribution < 1.29 is 10.2 Å². The van der Waals surface area contributed by atoms with Gasteiger partial charge in [0.15, 0.2) is 0 Å². The number of phenolic OH excluding ortho intramolecular Hbond substituents is 2. The molecule has 38 heavy (non-hydrogen) atoms. The van der Waals surface area contributed by atoms with Crippen molar-refractivity contribution in [3.05, 3.63) is 131 Å². The Balaban J connectivity index is 1.47. The molecule has 5 aromatic carbocycles. The van der Waals surface area contributed by atoms with E-state index >= 15 is 0 Å². The van der Waals surface area contributed by atoms with Crippen molar-refractivity contribution in [2.45, 2.75) is 13.8 Å². The molecule has 0 aromatic heterocycles. The van der Waals surface area contributed by atoms with Gasteiger partial charge in [0.1, 0.15) is 11.5 Å². The summed E-state index contributed by atoms with van der Waals surface area (Å²) in [6.45, 7) is 3.77. The van der Waals surface area contributed by atoms with Crippen molar-refractivity contribution in [1.82, 2.24) is 0 Å². The van der Waals surface area contributed by atoms with E-state index in [1.54, 1.807) is 12.4 Å². The lowest BCUT2D eigenvalue weighted by molar-refractivity contribution is 0.470. The lowest BCUT2D eigenvalue weighted by Crippen LogP contribution is -1.90. The number of rotatable bonds is 6. The molecule has 0 radical (unpaired) electrons. The molecule has 0 spiro atoms. The van der Waals surface area contributed by atoms with Crippen molar-refractivity contribution in [1.29, 1.82) is 0 Å². The van der Waals surface area contributed by atoms with E-state index in [1.807, 2.05) is 123 Å². The van der Waals surface area contributed by atoms with Gasteiger partial charge in [-0.1, -0.05) is 72.8 Å². The maximum atomic E-state index is 10.7. The minimum absolute atomic E-state index is 0.201. The van der Waals surface area contributed by atoms with E-state index in [-0.39, 0.29) is 11.5 Å². The Labute approximate surface area is 222 Å². The maximum absolute atomic E-state index is 10.7. The zero-order valence-corrected chi connectivity index (χ0v) is 21.3. The van der Waals surface area contributed by atoms with Gasteiger partial charge in [-0.3, -0.25) is 9.98 Å². The highest BCUT2D eigenvalue weighted by Gasteiger charge is 2.09. The van der Waals surface area contributed by atoms with Crippen LogP contribution in [0.15, 0.2) is 119 Å².